The molecule has 2 aromatic carbocycles. The van der Waals surface area contributed by atoms with Crippen molar-refractivity contribution in [3.05, 3.63) is 70.0 Å². The average molecular weight is 306 g/mol. The van der Waals surface area contributed by atoms with Crippen LogP contribution >= 0.6 is 11.6 Å². The molecule has 0 aromatic heterocycles. The molecule has 0 amide bonds. The van der Waals surface area contributed by atoms with Gasteiger partial charge in [-0.2, -0.15) is 0 Å². The second-order valence-corrected chi connectivity index (χ2v) is 5.78. The topological polar surface area (TPSA) is 12.0 Å². The average Bonchev–Trinajstić information content (AvgIpc) is 2.46. The molecule has 1 N–H and O–H groups in total. The van der Waals surface area contributed by atoms with E-state index in [1.54, 1.807) is 6.07 Å². The van der Waals surface area contributed by atoms with Gasteiger partial charge in [0.05, 0.1) is 5.02 Å². The Bertz CT molecular complexity index is 598. The van der Waals surface area contributed by atoms with Crippen molar-refractivity contribution in [2.24, 2.45) is 0 Å². The Hall–Kier alpha value is -1.38. The van der Waals surface area contributed by atoms with E-state index in [0.29, 0.717) is 0 Å². The molecule has 0 aliphatic heterocycles. The van der Waals surface area contributed by atoms with E-state index < -0.39 is 0 Å². The Balaban J connectivity index is 2.22. The summed E-state index contributed by atoms with van der Waals surface area (Å²) in [6.45, 7) is 5.11. The molecule has 0 heterocycles. The van der Waals surface area contributed by atoms with Gasteiger partial charge in [-0.25, -0.2) is 4.39 Å². The maximum Gasteiger partial charge on any atom is 0.142 e. The second kappa shape index (κ2) is 7.58. The predicted octanol–water partition coefficient (Wildman–Crippen LogP) is 5.07. The number of halogens is 2. The summed E-state index contributed by atoms with van der Waals surface area (Å²) in [6, 6.07) is 13.6. The SMILES string of the molecule is CCCNC(Cc1cccc(C)c1)c1ccc(Cl)c(F)c1. The Labute approximate surface area is 131 Å². The lowest BCUT2D eigenvalue weighted by molar-refractivity contribution is 0.524. The Morgan fingerprint density at radius 1 is 1.19 bits per heavy atom. The van der Waals surface area contributed by atoms with Crippen LogP contribution < -0.4 is 5.32 Å². The van der Waals surface area contributed by atoms with Crippen LogP contribution in [0, 0.1) is 12.7 Å². The van der Waals surface area contributed by atoms with Gasteiger partial charge in [0.15, 0.2) is 0 Å². The molecule has 1 nitrogen and oxygen atoms in total. The van der Waals surface area contributed by atoms with E-state index in [2.05, 4.69) is 43.4 Å². The first-order valence-electron chi connectivity index (χ1n) is 7.34. The van der Waals surface area contributed by atoms with Gasteiger partial charge in [0.2, 0.25) is 0 Å². The molecule has 0 aliphatic rings. The quantitative estimate of drug-likeness (QED) is 0.785. The van der Waals surface area contributed by atoms with Gasteiger partial charge in [0.1, 0.15) is 5.82 Å². The highest BCUT2D eigenvalue weighted by molar-refractivity contribution is 6.30. The van der Waals surface area contributed by atoms with Gasteiger partial charge in [-0.05, 0) is 49.6 Å². The fourth-order valence-corrected chi connectivity index (χ4v) is 2.55. The van der Waals surface area contributed by atoms with Crippen LogP contribution in [0.3, 0.4) is 0 Å². The highest BCUT2D eigenvalue weighted by Crippen LogP contribution is 2.23. The summed E-state index contributed by atoms with van der Waals surface area (Å²) in [5, 5.41) is 3.66. The van der Waals surface area contributed by atoms with Crippen molar-refractivity contribution in [3.8, 4) is 0 Å². The van der Waals surface area contributed by atoms with Crippen molar-refractivity contribution < 1.29 is 4.39 Å². The number of nitrogens with one attached hydrogen (secondary N) is 1. The van der Waals surface area contributed by atoms with Gasteiger partial charge < -0.3 is 5.32 Å². The fraction of sp³-hybridized carbons (Fsp3) is 0.333. The maximum absolute atomic E-state index is 13.7. The van der Waals surface area contributed by atoms with Crippen LogP contribution in [0.4, 0.5) is 4.39 Å². The summed E-state index contributed by atoms with van der Waals surface area (Å²) in [5.41, 5.74) is 3.43. The van der Waals surface area contributed by atoms with E-state index in [0.717, 1.165) is 24.9 Å². The maximum atomic E-state index is 13.7. The normalized spacial score (nSPS) is 12.4. The minimum atomic E-state index is -0.360. The van der Waals surface area contributed by atoms with Crippen molar-refractivity contribution >= 4 is 11.6 Å². The van der Waals surface area contributed by atoms with Gasteiger partial charge >= 0.3 is 0 Å². The van der Waals surface area contributed by atoms with E-state index in [9.17, 15) is 4.39 Å². The molecule has 0 spiro atoms. The molecular formula is C18H21ClFN. The molecular weight excluding hydrogens is 285 g/mol. The van der Waals surface area contributed by atoms with Crippen LogP contribution in [-0.4, -0.2) is 6.54 Å². The Morgan fingerprint density at radius 2 is 2.00 bits per heavy atom. The molecule has 21 heavy (non-hydrogen) atoms. The van der Waals surface area contributed by atoms with Crippen molar-refractivity contribution in [1.29, 1.82) is 0 Å². The van der Waals surface area contributed by atoms with E-state index in [1.807, 2.05) is 6.07 Å². The van der Waals surface area contributed by atoms with Crippen LogP contribution in [-0.2, 0) is 6.42 Å². The van der Waals surface area contributed by atoms with E-state index in [4.69, 9.17) is 11.6 Å². The van der Waals surface area contributed by atoms with Gasteiger partial charge in [0.25, 0.3) is 0 Å². The van der Waals surface area contributed by atoms with Crippen LogP contribution in [0.15, 0.2) is 42.5 Å². The molecule has 1 unspecified atom stereocenters. The first kappa shape index (κ1) is 16.0. The molecule has 112 valence electrons. The third kappa shape index (κ3) is 4.55. The number of hydrogen-bond donors (Lipinski definition) is 1. The van der Waals surface area contributed by atoms with Crippen LogP contribution in [0.2, 0.25) is 5.02 Å². The first-order chi connectivity index (χ1) is 10.1. The zero-order valence-corrected chi connectivity index (χ0v) is 13.3. The standard InChI is InChI=1S/C18H21ClFN/c1-3-9-21-18(11-14-6-4-5-13(2)10-14)15-7-8-16(19)17(20)12-15/h4-8,10,12,18,21H,3,9,11H2,1-2H3. The monoisotopic (exact) mass is 305 g/mol. The van der Waals surface area contributed by atoms with E-state index in [1.165, 1.54) is 17.2 Å². The Morgan fingerprint density at radius 3 is 2.67 bits per heavy atom. The van der Waals surface area contributed by atoms with Gasteiger partial charge in [0, 0.05) is 6.04 Å². The molecule has 0 fully saturated rings. The molecule has 1 atom stereocenters. The van der Waals surface area contributed by atoms with E-state index >= 15 is 0 Å². The molecule has 3 heteroatoms. The molecule has 0 saturated heterocycles. The molecule has 0 bridgehead atoms. The highest BCUT2D eigenvalue weighted by Gasteiger charge is 2.13. The predicted molar refractivity (Wildman–Crippen MR) is 87.3 cm³/mol. The van der Waals surface area contributed by atoms with Gasteiger partial charge in [-0.15, -0.1) is 0 Å². The van der Waals surface area contributed by atoms with Crippen LogP contribution in [0.5, 0.6) is 0 Å². The van der Waals surface area contributed by atoms with Gasteiger partial charge in [-0.3, -0.25) is 0 Å². The Kier molecular flexibility index (Phi) is 5.77. The number of benzene rings is 2. The number of aryl methyl sites for hydroxylation is 1. The van der Waals surface area contributed by atoms with Crippen LogP contribution in [0.25, 0.3) is 0 Å². The number of rotatable bonds is 6. The summed E-state index contributed by atoms with van der Waals surface area (Å²) < 4.78 is 13.7. The molecule has 2 aromatic rings. The molecule has 2 rings (SSSR count). The molecule has 0 radical (unpaired) electrons. The summed E-state index contributed by atoms with van der Waals surface area (Å²) >= 11 is 5.78. The smallest absolute Gasteiger partial charge is 0.142 e. The van der Waals surface area contributed by atoms with Crippen molar-refractivity contribution in [2.75, 3.05) is 6.54 Å². The summed E-state index contributed by atoms with van der Waals surface area (Å²) in [4.78, 5) is 0. The lowest BCUT2D eigenvalue weighted by Crippen LogP contribution is -2.24. The van der Waals surface area contributed by atoms with E-state index in [-0.39, 0.29) is 16.9 Å². The zero-order valence-electron chi connectivity index (χ0n) is 12.5. The highest BCUT2D eigenvalue weighted by atomic mass is 35.5. The van der Waals surface area contributed by atoms with Crippen LogP contribution in [0.1, 0.15) is 36.1 Å². The largest absolute Gasteiger partial charge is 0.310 e. The minimum Gasteiger partial charge on any atom is -0.310 e. The molecule has 0 aliphatic carbocycles. The lowest BCUT2D eigenvalue weighted by atomic mass is 9.97. The third-order valence-electron chi connectivity index (χ3n) is 3.51. The minimum absolute atomic E-state index is 0.0958. The van der Waals surface area contributed by atoms with Crippen molar-refractivity contribution in [3.63, 3.8) is 0 Å². The second-order valence-electron chi connectivity index (χ2n) is 5.37. The summed E-state index contributed by atoms with van der Waals surface area (Å²) in [5.74, 6) is -0.360. The van der Waals surface area contributed by atoms with Gasteiger partial charge in [-0.1, -0.05) is 54.4 Å². The first-order valence-corrected chi connectivity index (χ1v) is 7.72. The lowest BCUT2D eigenvalue weighted by Gasteiger charge is -2.20. The fourth-order valence-electron chi connectivity index (χ4n) is 2.43. The number of hydrogen-bond acceptors (Lipinski definition) is 1. The summed E-state index contributed by atoms with van der Waals surface area (Å²) in [7, 11) is 0. The third-order valence-corrected chi connectivity index (χ3v) is 3.82. The van der Waals surface area contributed by atoms with Crippen molar-refractivity contribution in [2.45, 2.75) is 32.7 Å². The zero-order chi connectivity index (χ0) is 15.2. The van der Waals surface area contributed by atoms with Crippen molar-refractivity contribution in [1.82, 2.24) is 5.32 Å². The summed E-state index contributed by atoms with van der Waals surface area (Å²) in [6.07, 6.45) is 1.88. The molecule has 0 saturated carbocycles.